The maximum Gasteiger partial charge on any atom is 0.125 e. The van der Waals surface area contributed by atoms with Gasteiger partial charge in [-0.1, -0.05) is 30.9 Å². The first-order valence-corrected chi connectivity index (χ1v) is 7.91. The average Bonchev–Trinajstić information content (AvgIpc) is 2.84. The summed E-state index contributed by atoms with van der Waals surface area (Å²) in [5, 5.41) is 3.77. The number of rotatable bonds is 3. The number of ether oxygens (including phenoxy) is 1. The maximum absolute atomic E-state index is 13.2. The summed E-state index contributed by atoms with van der Waals surface area (Å²) in [6, 6.07) is 4.39. The summed E-state index contributed by atoms with van der Waals surface area (Å²) in [5.41, 5.74) is 0.788. The van der Waals surface area contributed by atoms with E-state index in [0.717, 1.165) is 12.8 Å². The van der Waals surface area contributed by atoms with Gasteiger partial charge in [-0.05, 0) is 43.9 Å². The SMILES string of the molecule is Fc1ccc(Cl)c(NCC2CCC3(CCCCC3)O2)c1. The molecule has 2 fully saturated rings. The van der Waals surface area contributed by atoms with E-state index in [1.165, 1.54) is 44.2 Å². The lowest BCUT2D eigenvalue weighted by molar-refractivity contribution is -0.0588. The molecule has 2 nitrogen and oxygen atoms in total. The average molecular weight is 298 g/mol. The summed E-state index contributed by atoms with van der Waals surface area (Å²) in [4.78, 5) is 0. The second-order valence-corrected chi connectivity index (χ2v) is 6.43. The molecule has 1 N–H and O–H groups in total. The molecule has 0 bridgehead atoms. The Morgan fingerprint density at radius 1 is 1.25 bits per heavy atom. The molecule has 4 heteroatoms. The fraction of sp³-hybridized carbons (Fsp3) is 0.625. The van der Waals surface area contributed by atoms with Crippen LogP contribution in [0.15, 0.2) is 18.2 Å². The van der Waals surface area contributed by atoms with E-state index in [2.05, 4.69) is 5.32 Å². The lowest BCUT2D eigenvalue weighted by Gasteiger charge is -2.33. The van der Waals surface area contributed by atoms with E-state index in [1.54, 1.807) is 6.07 Å². The van der Waals surface area contributed by atoms with Crippen molar-refractivity contribution in [3.63, 3.8) is 0 Å². The summed E-state index contributed by atoms with van der Waals surface area (Å²) in [5.74, 6) is -0.270. The highest BCUT2D eigenvalue weighted by Crippen LogP contribution is 2.41. The van der Waals surface area contributed by atoms with E-state index in [0.29, 0.717) is 17.3 Å². The lowest BCUT2D eigenvalue weighted by atomic mass is 9.83. The summed E-state index contributed by atoms with van der Waals surface area (Å²) in [7, 11) is 0. The molecule has 1 atom stereocenters. The molecule has 1 aromatic carbocycles. The third kappa shape index (κ3) is 3.09. The van der Waals surface area contributed by atoms with Crippen LogP contribution in [0.4, 0.5) is 10.1 Å². The Kier molecular flexibility index (Phi) is 4.18. The Bertz CT molecular complexity index is 474. The second-order valence-electron chi connectivity index (χ2n) is 6.03. The predicted molar refractivity (Wildman–Crippen MR) is 79.8 cm³/mol. The molecule has 2 aliphatic rings. The number of anilines is 1. The van der Waals surface area contributed by atoms with E-state index in [9.17, 15) is 4.39 Å². The highest BCUT2D eigenvalue weighted by Gasteiger charge is 2.40. The van der Waals surface area contributed by atoms with Crippen LogP contribution in [0.3, 0.4) is 0 Å². The highest BCUT2D eigenvalue weighted by atomic mass is 35.5. The molecule has 0 aromatic heterocycles. The van der Waals surface area contributed by atoms with Crippen molar-refractivity contribution in [2.45, 2.75) is 56.7 Å². The van der Waals surface area contributed by atoms with Gasteiger partial charge in [0.1, 0.15) is 5.82 Å². The third-order valence-electron chi connectivity index (χ3n) is 4.55. The van der Waals surface area contributed by atoms with Crippen LogP contribution < -0.4 is 5.32 Å². The van der Waals surface area contributed by atoms with Gasteiger partial charge < -0.3 is 10.1 Å². The van der Waals surface area contributed by atoms with Crippen molar-refractivity contribution in [1.82, 2.24) is 0 Å². The second kappa shape index (κ2) is 5.90. The van der Waals surface area contributed by atoms with Crippen molar-refractivity contribution in [2.75, 3.05) is 11.9 Å². The zero-order valence-corrected chi connectivity index (χ0v) is 12.4. The molecular weight excluding hydrogens is 277 g/mol. The van der Waals surface area contributed by atoms with Crippen LogP contribution in [0.25, 0.3) is 0 Å². The molecule has 1 saturated heterocycles. The first-order chi connectivity index (χ1) is 9.67. The van der Waals surface area contributed by atoms with E-state index < -0.39 is 0 Å². The number of nitrogens with one attached hydrogen (secondary N) is 1. The van der Waals surface area contributed by atoms with Gasteiger partial charge in [-0.15, -0.1) is 0 Å². The zero-order valence-electron chi connectivity index (χ0n) is 11.6. The molecule has 1 aliphatic heterocycles. The molecule has 1 saturated carbocycles. The number of hydrogen-bond donors (Lipinski definition) is 1. The molecule has 1 aromatic rings. The number of hydrogen-bond acceptors (Lipinski definition) is 2. The smallest absolute Gasteiger partial charge is 0.125 e. The molecule has 3 rings (SSSR count). The summed E-state index contributed by atoms with van der Waals surface area (Å²) in [6.07, 6.45) is 8.77. The minimum Gasteiger partial charge on any atom is -0.381 e. The third-order valence-corrected chi connectivity index (χ3v) is 4.88. The molecule has 1 heterocycles. The van der Waals surface area contributed by atoms with Crippen molar-refractivity contribution >= 4 is 17.3 Å². The summed E-state index contributed by atoms with van der Waals surface area (Å²) in [6.45, 7) is 0.699. The molecule has 0 radical (unpaired) electrons. The van der Waals surface area contributed by atoms with Crippen molar-refractivity contribution < 1.29 is 9.13 Å². The first-order valence-electron chi connectivity index (χ1n) is 7.54. The van der Waals surface area contributed by atoms with Gasteiger partial charge in [0.05, 0.1) is 22.4 Å². The Labute approximate surface area is 124 Å². The van der Waals surface area contributed by atoms with Gasteiger partial charge in [0.25, 0.3) is 0 Å². The van der Waals surface area contributed by atoms with Gasteiger partial charge >= 0.3 is 0 Å². The number of halogens is 2. The Hall–Kier alpha value is -0.800. The van der Waals surface area contributed by atoms with Crippen LogP contribution in [-0.4, -0.2) is 18.2 Å². The highest BCUT2D eigenvalue weighted by molar-refractivity contribution is 6.33. The fourth-order valence-electron chi connectivity index (χ4n) is 3.46. The molecule has 1 spiro atoms. The Balaban J connectivity index is 1.56. The largest absolute Gasteiger partial charge is 0.381 e. The first kappa shape index (κ1) is 14.2. The van der Waals surface area contributed by atoms with Crippen LogP contribution in [0.5, 0.6) is 0 Å². The molecule has 0 amide bonds. The van der Waals surface area contributed by atoms with Gasteiger partial charge in [0, 0.05) is 6.54 Å². The van der Waals surface area contributed by atoms with Crippen LogP contribution in [-0.2, 0) is 4.74 Å². The van der Waals surface area contributed by atoms with Crippen LogP contribution >= 0.6 is 11.6 Å². The van der Waals surface area contributed by atoms with Crippen molar-refractivity contribution in [3.05, 3.63) is 29.0 Å². The zero-order chi connectivity index (χ0) is 14.0. The van der Waals surface area contributed by atoms with Crippen LogP contribution in [0, 0.1) is 5.82 Å². The van der Waals surface area contributed by atoms with Gasteiger partial charge in [0.2, 0.25) is 0 Å². The molecule has 20 heavy (non-hydrogen) atoms. The van der Waals surface area contributed by atoms with E-state index in [-0.39, 0.29) is 17.5 Å². The quantitative estimate of drug-likeness (QED) is 0.867. The van der Waals surface area contributed by atoms with Gasteiger partial charge in [-0.2, -0.15) is 0 Å². The van der Waals surface area contributed by atoms with Crippen molar-refractivity contribution in [1.29, 1.82) is 0 Å². The standard InChI is InChI=1S/C16H21ClFNO/c17-14-5-4-12(18)10-15(14)19-11-13-6-9-16(20-13)7-2-1-3-8-16/h4-5,10,13,19H,1-3,6-9,11H2. The number of benzene rings is 1. The maximum atomic E-state index is 13.2. The van der Waals surface area contributed by atoms with Gasteiger partial charge in [-0.25, -0.2) is 4.39 Å². The predicted octanol–water partition coefficient (Wildman–Crippen LogP) is 4.77. The Morgan fingerprint density at radius 3 is 2.85 bits per heavy atom. The minimum atomic E-state index is -0.270. The topological polar surface area (TPSA) is 21.3 Å². The minimum absolute atomic E-state index is 0.135. The van der Waals surface area contributed by atoms with Crippen molar-refractivity contribution in [3.8, 4) is 0 Å². The molecule has 1 aliphatic carbocycles. The van der Waals surface area contributed by atoms with Crippen LogP contribution in [0.2, 0.25) is 5.02 Å². The summed E-state index contributed by atoms with van der Waals surface area (Å²) < 4.78 is 19.5. The molecule has 110 valence electrons. The molecule has 1 unspecified atom stereocenters. The van der Waals surface area contributed by atoms with E-state index in [4.69, 9.17) is 16.3 Å². The fourth-order valence-corrected chi connectivity index (χ4v) is 3.64. The molecular formula is C16H21ClFNO. The van der Waals surface area contributed by atoms with E-state index in [1.807, 2.05) is 0 Å². The lowest BCUT2D eigenvalue weighted by Crippen LogP contribution is -2.33. The van der Waals surface area contributed by atoms with E-state index >= 15 is 0 Å². The van der Waals surface area contributed by atoms with Gasteiger partial charge in [-0.3, -0.25) is 0 Å². The normalized spacial score (nSPS) is 25.0. The van der Waals surface area contributed by atoms with Crippen molar-refractivity contribution in [2.24, 2.45) is 0 Å². The summed E-state index contributed by atoms with van der Waals surface area (Å²) >= 11 is 6.05. The van der Waals surface area contributed by atoms with Gasteiger partial charge in [0.15, 0.2) is 0 Å². The Morgan fingerprint density at radius 2 is 2.05 bits per heavy atom. The van der Waals surface area contributed by atoms with Crippen LogP contribution in [0.1, 0.15) is 44.9 Å². The monoisotopic (exact) mass is 297 g/mol.